The van der Waals surface area contributed by atoms with Crippen molar-refractivity contribution in [2.75, 3.05) is 33.8 Å². The monoisotopic (exact) mass is 351 g/mol. The number of nitrogens with one attached hydrogen (secondary N) is 2. The lowest BCUT2D eigenvalue weighted by Gasteiger charge is -2.15. The third kappa shape index (κ3) is 5.53. The molecule has 0 unspecified atom stereocenters. The summed E-state index contributed by atoms with van der Waals surface area (Å²) in [6.45, 7) is 7.28. The van der Waals surface area contributed by atoms with Crippen LogP contribution < -0.4 is 20.1 Å². The van der Waals surface area contributed by atoms with Crippen LogP contribution in [0.25, 0.3) is 0 Å². The smallest absolute Gasteiger partial charge is 0.166 e. The van der Waals surface area contributed by atoms with Crippen LogP contribution in [-0.4, -0.2) is 49.9 Å². The van der Waals surface area contributed by atoms with E-state index in [4.69, 9.17) is 21.7 Å². The Morgan fingerprint density at radius 3 is 2.88 bits per heavy atom. The van der Waals surface area contributed by atoms with Gasteiger partial charge >= 0.3 is 0 Å². The number of benzene rings is 1. The van der Waals surface area contributed by atoms with Crippen LogP contribution in [0.4, 0.5) is 0 Å². The maximum absolute atomic E-state index is 5.85. The van der Waals surface area contributed by atoms with E-state index in [1.165, 1.54) is 5.56 Å². The molecule has 0 amide bonds. The Hall–Kier alpha value is -1.53. The lowest BCUT2D eigenvalue weighted by Crippen LogP contribution is -2.36. The number of ether oxygens (including phenoxy) is 2. The average Bonchev–Trinajstić information content (AvgIpc) is 2.88. The second-order valence-electron chi connectivity index (χ2n) is 6.40. The first-order chi connectivity index (χ1) is 11.5. The first kappa shape index (κ1) is 18.8. The van der Waals surface area contributed by atoms with Crippen LogP contribution in [0.2, 0.25) is 0 Å². The third-order valence-electron chi connectivity index (χ3n) is 3.89. The molecule has 0 aromatic heterocycles. The van der Waals surface area contributed by atoms with E-state index in [1.54, 1.807) is 0 Å². The molecule has 1 aliphatic rings. The summed E-state index contributed by atoms with van der Waals surface area (Å²) in [5.74, 6) is 1.88. The van der Waals surface area contributed by atoms with E-state index >= 15 is 0 Å². The van der Waals surface area contributed by atoms with Gasteiger partial charge in [0.25, 0.3) is 0 Å². The Morgan fingerprint density at radius 2 is 2.17 bits per heavy atom. The van der Waals surface area contributed by atoms with Gasteiger partial charge in [0.2, 0.25) is 0 Å². The molecule has 134 valence electrons. The minimum atomic E-state index is 0.233. The SMILES string of the molecule is CCOc1cc2c(cc1CNC(=S)NCCCN(C)C)O[C@H](C)C2. The molecule has 1 aliphatic heterocycles. The van der Waals surface area contributed by atoms with Crippen molar-refractivity contribution in [3.63, 3.8) is 0 Å². The van der Waals surface area contributed by atoms with Crippen molar-refractivity contribution in [3.05, 3.63) is 23.3 Å². The Balaban J connectivity index is 1.89. The van der Waals surface area contributed by atoms with Crippen molar-refractivity contribution < 1.29 is 9.47 Å². The zero-order chi connectivity index (χ0) is 17.5. The van der Waals surface area contributed by atoms with Crippen LogP contribution in [0.5, 0.6) is 11.5 Å². The van der Waals surface area contributed by atoms with E-state index < -0.39 is 0 Å². The molecule has 6 heteroatoms. The normalized spacial score (nSPS) is 15.8. The molecule has 0 bridgehead atoms. The summed E-state index contributed by atoms with van der Waals surface area (Å²) < 4.78 is 11.6. The van der Waals surface area contributed by atoms with Gasteiger partial charge in [-0.25, -0.2) is 0 Å². The molecule has 1 heterocycles. The molecular weight excluding hydrogens is 322 g/mol. The zero-order valence-corrected chi connectivity index (χ0v) is 16.0. The molecular formula is C18H29N3O2S. The van der Waals surface area contributed by atoms with Gasteiger partial charge in [0.15, 0.2) is 5.11 Å². The summed E-state index contributed by atoms with van der Waals surface area (Å²) in [5, 5.41) is 7.17. The molecule has 2 rings (SSSR count). The van der Waals surface area contributed by atoms with E-state index in [1.807, 2.05) is 6.92 Å². The molecule has 2 N–H and O–H groups in total. The van der Waals surface area contributed by atoms with E-state index in [-0.39, 0.29) is 6.10 Å². The fourth-order valence-electron chi connectivity index (χ4n) is 2.74. The summed E-state index contributed by atoms with van der Waals surface area (Å²) in [7, 11) is 4.14. The first-order valence-corrected chi connectivity index (χ1v) is 9.02. The molecule has 1 aromatic rings. The lowest BCUT2D eigenvalue weighted by atomic mass is 10.1. The van der Waals surface area contributed by atoms with Crippen LogP contribution in [0, 0.1) is 0 Å². The molecule has 0 saturated heterocycles. The van der Waals surface area contributed by atoms with Crippen molar-refractivity contribution in [1.29, 1.82) is 0 Å². The summed E-state index contributed by atoms with van der Waals surface area (Å²) in [6.07, 6.45) is 2.23. The van der Waals surface area contributed by atoms with E-state index in [9.17, 15) is 0 Å². The average molecular weight is 352 g/mol. The number of hydrogen-bond acceptors (Lipinski definition) is 4. The summed E-state index contributed by atoms with van der Waals surface area (Å²) >= 11 is 5.35. The molecule has 1 aromatic carbocycles. The number of fused-ring (bicyclic) bond motifs is 1. The molecule has 0 aliphatic carbocycles. The maximum Gasteiger partial charge on any atom is 0.166 e. The van der Waals surface area contributed by atoms with Gasteiger partial charge in [0.1, 0.15) is 17.6 Å². The Labute approximate surface area is 150 Å². The molecule has 5 nitrogen and oxygen atoms in total. The second-order valence-corrected chi connectivity index (χ2v) is 6.81. The van der Waals surface area contributed by atoms with Gasteiger partial charge in [0, 0.05) is 30.6 Å². The van der Waals surface area contributed by atoms with Gasteiger partial charge in [-0.1, -0.05) is 0 Å². The maximum atomic E-state index is 5.85. The highest BCUT2D eigenvalue weighted by molar-refractivity contribution is 7.80. The Kier molecular flexibility index (Phi) is 7.12. The van der Waals surface area contributed by atoms with Crippen LogP contribution >= 0.6 is 12.2 Å². The largest absolute Gasteiger partial charge is 0.494 e. The highest BCUT2D eigenvalue weighted by Crippen LogP contribution is 2.35. The number of hydrogen-bond donors (Lipinski definition) is 2. The van der Waals surface area contributed by atoms with E-state index in [0.29, 0.717) is 18.3 Å². The minimum absolute atomic E-state index is 0.233. The van der Waals surface area contributed by atoms with Gasteiger partial charge in [-0.15, -0.1) is 0 Å². The number of nitrogens with zero attached hydrogens (tertiary/aromatic N) is 1. The molecule has 0 saturated carbocycles. The predicted octanol–water partition coefficient (Wildman–Crippen LogP) is 2.32. The molecule has 1 atom stereocenters. The molecule has 24 heavy (non-hydrogen) atoms. The fraction of sp³-hybridized carbons (Fsp3) is 0.611. The summed E-state index contributed by atoms with van der Waals surface area (Å²) in [5.41, 5.74) is 2.29. The lowest BCUT2D eigenvalue weighted by molar-refractivity contribution is 0.254. The zero-order valence-electron chi connectivity index (χ0n) is 15.1. The topological polar surface area (TPSA) is 45.8 Å². The van der Waals surface area contributed by atoms with Gasteiger partial charge in [-0.2, -0.15) is 0 Å². The Morgan fingerprint density at radius 1 is 1.38 bits per heavy atom. The predicted molar refractivity (Wildman–Crippen MR) is 102 cm³/mol. The van der Waals surface area contributed by atoms with E-state index in [0.717, 1.165) is 43.0 Å². The fourth-order valence-corrected chi connectivity index (χ4v) is 2.92. The second kappa shape index (κ2) is 9.08. The standard InChI is InChI=1S/C18H29N3O2S/c1-5-22-16-10-14-9-13(2)23-17(14)11-15(16)12-20-18(24)19-7-6-8-21(3)4/h10-11,13H,5-9,12H2,1-4H3,(H2,19,20,24)/t13-/m1/s1. The van der Waals surface area contributed by atoms with Crippen LogP contribution in [0.1, 0.15) is 31.4 Å². The molecule has 0 fully saturated rings. The number of rotatable bonds is 8. The van der Waals surface area contributed by atoms with Gasteiger partial charge in [-0.05, 0) is 65.3 Å². The van der Waals surface area contributed by atoms with E-state index in [2.05, 4.69) is 48.7 Å². The quantitative estimate of drug-likeness (QED) is 0.554. The first-order valence-electron chi connectivity index (χ1n) is 8.61. The molecule has 0 radical (unpaired) electrons. The molecule has 0 spiro atoms. The summed E-state index contributed by atoms with van der Waals surface area (Å²) in [4.78, 5) is 2.16. The van der Waals surface area contributed by atoms with Crippen molar-refractivity contribution in [1.82, 2.24) is 15.5 Å². The van der Waals surface area contributed by atoms with Crippen LogP contribution in [-0.2, 0) is 13.0 Å². The third-order valence-corrected chi connectivity index (χ3v) is 4.17. The van der Waals surface area contributed by atoms with Crippen molar-refractivity contribution in [2.45, 2.75) is 39.3 Å². The van der Waals surface area contributed by atoms with Gasteiger partial charge in [-0.3, -0.25) is 0 Å². The van der Waals surface area contributed by atoms with Gasteiger partial charge < -0.3 is 25.0 Å². The highest BCUT2D eigenvalue weighted by Gasteiger charge is 2.21. The number of thiocarbonyl (C=S) groups is 1. The van der Waals surface area contributed by atoms with Crippen molar-refractivity contribution >= 4 is 17.3 Å². The van der Waals surface area contributed by atoms with Crippen molar-refractivity contribution in [3.8, 4) is 11.5 Å². The minimum Gasteiger partial charge on any atom is -0.494 e. The Bertz CT molecular complexity index is 563. The van der Waals surface area contributed by atoms with Crippen molar-refractivity contribution in [2.24, 2.45) is 0 Å². The van der Waals surface area contributed by atoms with Crippen LogP contribution in [0.15, 0.2) is 12.1 Å². The van der Waals surface area contributed by atoms with Crippen LogP contribution in [0.3, 0.4) is 0 Å². The summed E-state index contributed by atoms with van der Waals surface area (Å²) in [6, 6.07) is 4.18. The highest BCUT2D eigenvalue weighted by atomic mass is 32.1. The van der Waals surface area contributed by atoms with Gasteiger partial charge in [0.05, 0.1) is 6.61 Å².